The quantitative estimate of drug-likeness (QED) is 0.840. The highest BCUT2D eigenvalue weighted by molar-refractivity contribution is 5.87. The Kier molecular flexibility index (Phi) is 5.74. The van der Waals surface area contributed by atoms with Gasteiger partial charge >= 0.3 is 5.97 Å². The average Bonchev–Trinajstić information content (AvgIpc) is 2.38. The van der Waals surface area contributed by atoms with Crippen molar-refractivity contribution in [2.45, 2.75) is 40.2 Å². The summed E-state index contributed by atoms with van der Waals surface area (Å²) in [4.78, 5) is 24.0. The molecule has 0 radical (unpaired) electrons. The van der Waals surface area contributed by atoms with Crippen molar-refractivity contribution in [3.8, 4) is 0 Å². The van der Waals surface area contributed by atoms with Crippen LogP contribution in [0.4, 0.5) is 0 Å². The Bertz CT molecular complexity index is 449. The zero-order valence-corrected chi connectivity index (χ0v) is 12.6. The largest absolute Gasteiger partial charge is 0.464 e. The third-order valence-electron chi connectivity index (χ3n) is 2.84. The third kappa shape index (κ3) is 5.03. The molecule has 0 aliphatic rings. The minimum absolute atomic E-state index is 0.161. The van der Waals surface area contributed by atoms with Crippen LogP contribution in [0.5, 0.6) is 0 Å². The fourth-order valence-electron chi connectivity index (χ4n) is 1.66. The highest BCUT2D eigenvalue weighted by atomic mass is 16.5. The van der Waals surface area contributed by atoms with Crippen molar-refractivity contribution in [1.29, 1.82) is 0 Å². The van der Waals surface area contributed by atoms with Gasteiger partial charge in [-0.2, -0.15) is 0 Å². The Balaban J connectivity index is 2.81. The van der Waals surface area contributed by atoms with Gasteiger partial charge in [0.15, 0.2) is 0 Å². The fraction of sp³-hybridized carbons (Fsp3) is 0.500. The summed E-state index contributed by atoms with van der Waals surface area (Å²) in [5.41, 5.74) is 0.446. The number of benzene rings is 1. The summed E-state index contributed by atoms with van der Waals surface area (Å²) < 4.78 is 5.04. The Morgan fingerprint density at radius 1 is 1.20 bits per heavy atom. The minimum atomic E-state index is -0.649. The van der Waals surface area contributed by atoms with E-state index in [1.807, 2.05) is 51.1 Å². The number of hydrogen-bond acceptors (Lipinski definition) is 3. The molecule has 1 aromatic rings. The predicted molar refractivity (Wildman–Crippen MR) is 78.2 cm³/mol. The molecule has 0 fully saturated rings. The third-order valence-corrected chi connectivity index (χ3v) is 2.84. The van der Waals surface area contributed by atoms with Gasteiger partial charge in [-0.3, -0.25) is 4.79 Å². The summed E-state index contributed by atoms with van der Waals surface area (Å²) in [5.74, 6) is -0.555. The summed E-state index contributed by atoms with van der Waals surface area (Å²) in [7, 11) is 0. The lowest BCUT2D eigenvalue weighted by atomic mass is 9.94. The van der Waals surface area contributed by atoms with Crippen molar-refractivity contribution in [2.24, 2.45) is 5.41 Å². The van der Waals surface area contributed by atoms with E-state index in [2.05, 4.69) is 5.32 Å². The zero-order valence-electron chi connectivity index (χ0n) is 12.6. The Labute approximate surface area is 120 Å². The molecule has 0 heterocycles. The van der Waals surface area contributed by atoms with Gasteiger partial charge in [-0.05, 0) is 12.5 Å². The summed E-state index contributed by atoms with van der Waals surface area (Å²) in [5, 5.41) is 2.78. The number of ether oxygens (including phenoxy) is 1. The lowest BCUT2D eigenvalue weighted by Crippen LogP contribution is -2.47. The number of rotatable bonds is 5. The van der Waals surface area contributed by atoms with Gasteiger partial charge in [0.05, 0.1) is 6.61 Å². The van der Waals surface area contributed by atoms with Gasteiger partial charge in [0.1, 0.15) is 6.04 Å². The van der Waals surface area contributed by atoms with Crippen molar-refractivity contribution >= 4 is 11.9 Å². The van der Waals surface area contributed by atoms with Crippen molar-refractivity contribution in [2.75, 3.05) is 6.61 Å². The second-order valence-corrected chi connectivity index (χ2v) is 5.72. The second kappa shape index (κ2) is 7.08. The predicted octanol–water partition coefficient (Wildman–Crippen LogP) is 2.32. The van der Waals surface area contributed by atoms with Crippen LogP contribution in [0.1, 0.15) is 33.3 Å². The first-order chi connectivity index (χ1) is 9.34. The molecule has 4 nitrogen and oxygen atoms in total. The second-order valence-electron chi connectivity index (χ2n) is 5.72. The van der Waals surface area contributed by atoms with E-state index < -0.39 is 17.4 Å². The molecule has 0 saturated carbocycles. The van der Waals surface area contributed by atoms with E-state index in [9.17, 15) is 9.59 Å². The van der Waals surface area contributed by atoms with Crippen molar-refractivity contribution in [1.82, 2.24) is 5.32 Å². The highest BCUT2D eigenvalue weighted by Crippen LogP contribution is 2.14. The molecule has 0 unspecified atom stereocenters. The molecule has 0 bridgehead atoms. The Hall–Kier alpha value is -1.84. The Morgan fingerprint density at radius 2 is 1.80 bits per heavy atom. The molecule has 0 aliphatic heterocycles. The smallest absolute Gasteiger partial charge is 0.328 e. The minimum Gasteiger partial charge on any atom is -0.464 e. The SMILES string of the molecule is CCOC(=O)[C@H](Cc1ccccc1)NC(=O)C(C)(C)C. The number of nitrogens with one attached hydrogen (secondary N) is 1. The van der Waals surface area contributed by atoms with Crippen molar-refractivity contribution in [3.63, 3.8) is 0 Å². The van der Waals surface area contributed by atoms with Gasteiger partial charge < -0.3 is 10.1 Å². The first kappa shape index (κ1) is 16.2. The van der Waals surface area contributed by atoms with Crippen molar-refractivity contribution in [3.05, 3.63) is 35.9 Å². The van der Waals surface area contributed by atoms with E-state index in [4.69, 9.17) is 4.74 Å². The average molecular weight is 277 g/mol. The maximum Gasteiger partial charge on any atom is 0.328 e. The number of amides is 1. The van der Waals surface area contributed by atoms with Crippen LogP contribution in [0.3, 0.4) is 0 Å². The molecular formula is C16H23NO3. The van der Waals surface area contributed by atoms with Gasteiger partial charge in [0, 0.05) is 11.8 Å². The monoisotopic (exact) mass is 277 g/mol. The summed E-state index contributed by atoms with van der Waals surface area (Å²) in [6, 6.07) is 8.93. The molecule has 0 spiro atoms. The molecule has 1 N–H and O–H groups in total. The van der Waals surface area contributed by atoms with Crippen LogP contribution < -0.4 is 5.32 Å². The summed E-state index contributed by atoms with van der Waals surface area (Å²) >= 11 is 0. The van der Waals surface area contributed by atoms with Gasteiger partial charge in [-0.1, -0.05) is 51.1 Å². The molecule has 110 valence electrons. The van der Waals surface area contributed by atoms with E-state index >= 15 is 0 Å². The molecule has 0 saturated heterocycles. The van der Waals surface area contributed by atoms with Crippen LogP contribution >= 0.6 is 0 Å². The van der Waals surface area contributed by atoms with E-state index in [0.717, 1.165) is 5.56 Å². The molecule has 1 atom stereocenters. The topological polar surface area (TPSA) is 55.4 Å². The van der Waals surface area contributed by atoms with Gasteiger partial charge in [-0.15, -0.1) is 0 Å². The van der Waals surface area contributed by atoms with E-state index in [1.165, 1.54) is 0 Å². The van der Waals surface area contributed by atoms with Gasteiger partial charge in [-0.25, -0.2) is 4.79 Å². The molecule has 4 heteroatoms. The van der Waals surface area contributed by atoms with Crippen molar-refractivity contribution < 1.29 is 14.3 Å². The summed E-state index contributed by atoms with van der Waals surface area (Å²) in [6.07, 6.45) is 0.432. The van der Waals surface area contributed by atoms with Crippen LogP contribution in [0.15, 0.2) is 30.3 Å². The Morgan fingerprint density at radius 3 is 2.30 bits per heavy atom. The molecule has 1 rings (SSSR count). The number of esters is 1. The molecular weight excluding hydrogens is 254 g/mol. The van der Waals surface area contributed by atoms with Gasteiger partial charge in [0.25, 0.3) is 0 Å². The lowest BCUT2D eigenvalue weighted by molar-refractivity contribution is -0.148. The first-order valence-corrected chi connectivity index (χ1v) is 6.86. The highest BCUT2D eigenvalue weighted by Gasteiger charge is 2.28. The number of hydrogen-bond donors (Lipinski definition) is 1. The van der Waals surface area contributed by atoms with Crippen LogP contribution in [0.2, 0.25) is 0 Å². The number of carbonyl (C=O) groups is 2. The van der Waals surface area contributed by atoms with Crippen LogP contribution in [0.25, 0.3) is 0 Å². The zero-order chi connectivity index (χ0) is 15.2. The maximum atomic E-state index is 12.1. The van der Waals surface area contributed by atoms with Crippen LogP contribution in [-0.4, -0.2) is 24.5 Å². The van der Waals surface area contributed by atoms with Crippen LogP contribution in [-0.2, 0) is 20.7 Å². The maximum absolute atomic E-state index is 12.1. The summed E-state index contributed by atoms with van der Waals surface area (Å²) in [6.45, 7) is 7.49. The molecule has 1 amide bonds. The first-order valence-electron chi connectivity index (χ1n) is 6.86. The van der Waals surface area contributed by atoms with Gasteiger partial charge in [0.2, 0.25) is 5.91 Å². The number of carbonyl (C=O) groups excluding carboxylic acids is 2. The van der Waals surface area contributed by atoms with Crippen LogP contribution in [0, 0.1) is 5.41 Å². The molecule has 20 heavy (non-hydrogen) atoms. The standard InChI is InChI=1S/C16H23NO3/c1-5-20-14(18)13(17-15(19)16(2,3)4)11-12-9-7-6-8-10-12/h6-10,13H,5,11H2,1-4H3,(H,17,19)/t13-/m0/s1. The molecule has 0 aliphatic carbocycles. The molecule has 1 aromatic carbocycles. The molecule has 0 aromatic heterocycles. The lowest BCUT2D eigenvalue weighted by Gasteiger charge is -2.23. The van der Waals surface area contributed by atoms with E-state index in [0.29, 0.717) is 13.0 Å². The van der Waals surface area contributed by atoms with E-state index in [-0.39, 0.29) is 5.91 Å². The van der Waals surface area contributed by atoms with E-state index in [1.54, 1.807) is 6.92 Å². The fourth-order valence-corrected chi connectivity index (χ4v) is 1.66. The normalized spacial score (nSPS) is 12.6.